The van der Waals surface area contributed by atoms with Gasteiger partial charge < -0.3 is 0 Å². The van der Waals surface area contributed by atoms with Crippen LogP contribution in [0.3, 0.4) is 0 Å². The molecule has 2 aromatic rings. The Labute approximate surface area is 164 Å². The van der Waals surface area contributed by atoms with Crippen molar-refractivity contribution in [2.24, 2.45) is 0 Å². The summed E-state index contributed by atoms with van der Waals surface area (Å²) in [7, 11) is -4.24. The van der Waals surface area contributed by atoms with Crippen LogP contribution in [0.2, 0.25) is 6.04 Å². The average molecular weight is 402 g/mol. The van der Waals surface area contributed by atoms with E-state index in [0.29, 0.717) is 42.0 Å². The minimum absolute atomic E-state index is 0.374. The monoisotopic (exact) mass is 402 g/mol. The van der Waals surface area contributed by atoms with E-state index in [1.54, 1.807) is 0 Å². The summed E-state index contributed by atoms with van der Waals surface area (Å²) in [6.07, 6.45) is 0.0742. The Morgan fingerprint density at radius 2 is 1.32 bits per heavy atom. The molecule has 2 aliphatic heterocycles. The second-order valence-corrected chi connectivity index (χ2v) is 11.4. The predicted octanol–water partition coefficient (Wildman–Crippen LogP) is 4.23. The van der Waals surface area contributed by atoms with E-state index in [2.05, 4.69) is 5.32 Å². The van der Waals surface area contributed by atoms with Gasteiger partial charge in [0.25, 0.3) is 0 Å². The Morgan fingerprint density at radius 3 is 1.71 bits per heavy atom. The topological polar surface area (TPSA) is 75.3 Å². The van der Waals surface area contributed by atoms with Crippen LogP contribution in [0.5, 0.6) is 23.0 Å². The number of carbonyl (C=O) groups is 1. The van der Waals surface area contributed by atoms with Gasteiger partial charge in [0.1, 0.15) is 0 Å². The fourth-order valence-corrected chi connectivity index (χ4v) is 7.08. The van der Waals surface area contributed by atoms with Crippen LogP contribution < -0.4 is 23.0 Å². The maximum absolute atomic E-state index is 11.9. The number of carbonyl (C=O) groups excluding carboxylic acids is 1. The van der Waals surface area contributed by atoms with Gasteiger partial charge in [-0.3, -0.25) is 0 Å². The number of nitrogens with one attached hydrogen (secondary N) is 1. The van der Waals surface area contributed by atoms with E-state index < -0.39 is 20.0 Å². The van der Waals surface area contributed by atoms with Crippen LogP contribution in [0, 0.1) is 0 Å². The first-order chi connectivity index (χ1) is 13.3. The number of hydrogen-bond donors (Lipinski definition) is 1. The number of fused-ring (bicyclic) bond motifs is 2. The van der Waals surface area contributed by atoms with E-state index in [4.69, 9.17) is 22.4 Å². The summed E-state index contributed by atoms with van der Waals surface area (Å²) in [6, 6.07) is 15.2. The Balaban J connectivity index is 1.49. The molecule has 0 bridgehead atoms. The second kappa shape index (κ2) is 6.34. The van der Waals surface area contributed by atoms with E-state index in [-0.39, 0.29) is 0 Å². The van der Waals surface area contributed by atoms with Crippen LogP contribution in [-0.4, -0.2) is 26.6 Å². The van der Waals surface area contributed by atoms with Gasteiger partial charge in [-0.25, -0.2) is 0 Å². The average Bonchev–Trinajstić information content (AvgIpc) is 3.11. The molecule has 2 heterocycles. The summed E-state index contributed by atoms with van der Waals surface area (Å²) in [6.45, 7) is 5.85. The van der Waals surface area contributed by atoms with Gasteiger partial charge in [-0.15, -0.1) is 0 Å². The van der Waals surface area contributed by atoms with Crippen molar-refractivity contribution < 1.29 is 27.2 Å². The first kappa shape index (κ1) is 18.5. The Morgan fingerprint density at radius 1 is 0.893 bits per heavy atom. The van der Waals surface area contributed by atoms with Gasteiger partial charge >= 0.3 is 164 Å². The number of amides is 1. The molecule has 1 amide bonds. The third kappa shape index (κ3) is 3.47. The quantitative estimate of drug-likeness (QED) is 0.609. The number of alkyl carbamates (subject to hydrolysis) is 1. The standard InChI is InChI=1S/C20H24NO6Si/c1-20(2,3)23-19(22)21-13-8-14-28(24-15-9-4-5-10-16(15)25-28)26-17-11-6-7-12-18(17)27-28/h4-7,9-12H,8,13-14H2,1-3H3,(H,21,22)/q-1. The van der Waals surface area contributed by atoms with Gasteiger partial charge in [0.2, 0.25) is 0 Å². The molecule has 2 aromatic carbocycles. The summed E-state index contributed by atoms with van der Waals surface area (Å²) >= 11 is 0. The van der Waals surface area contributed by atoms with Gasteiger partial charge in [0.15, 0.2) is 0 Å². The van der Waals surface area contributed by atoms with Crippen molar-refractivity contribution >= 4 is 14.4 Å². The minimum atomic E-state index is -4.24. The van der Waals surface area contributed by atoms with Crippen LogP contribution in [0.1, 0.15) is 27.2 Å². The van der Waals surface area contributed by atoms with Crippen LogP contribution in [0.15, 0.2) is 48.5 Å². The molecule has 28 heavy (non-hydrogen) atoms. The molecule has 150 valence electrons. The van der Waals surface area contributed by atoms with Crippen LogP contribution in [0.25, 0.3) is 0 Å². The molecule has 0 aliphatic carbocycles. The molecular weight excluding hydrogens is 378 g/mol. The normalized spacial score (nSPS) is 18.9. The Bertz CT molecular complexity index is 797. The SMILES string of the molecule is CC(C)(C)OC(=O)NCCC[Si-]12(Oc3ccccc3O1)Oc1ccccc1O2. The van der Waals surface area contributed by atoms with Crippen molar-refractivity contribution in [3.8, 4) is 23.0 Å². The van der Waals surface area contributed by atoms with Crippen molar-refractivity contribution in [1.82, 2.24) is 5.32 Å². The molecule has 1 spiro atoms. The van der Waals surface area contributed by atoms with E-state index >= 15 is 0 Å². The van der Waals surface area contributed by atoms with Crippen LogP contribution in [-0.2, 0) is 4.74 Å². The number of hydrogen-bond acceptors (Lipinski definition) is 6. The molecule has 0 saturated heterocycles. The van der Waals surface area contributed by atoms with Gasteiger partial charge in [-0.2, -0.15) is 0 Å². The number of ether oxygens (including phenoxy) is 1. The van der Waals surface area contributed by atoms with E-state index in [1.165, 1.54) is 0 Å². The zero-order valence-corrected chi connectivity index (χ0v) is 17.2. The number of para-hydroxylation sites is 4. The number of rotatable bonds is 4. The molecule has 0 fully saturated rings. The molecule has 1 N–H and O–H groups in total. The van der Waals surface area contributed by atoms with Gasteiger partial charge in [0, 0.05) is 0 Å². The molecule has 0 aromatic heterocycles. The predicted molar refractivity (Wildman–Crippen MR) is 105 cm³/mol. The molecule has 0 atom stereocenters. The van der Waals surface area contributed by atoms with E-state index in [0.717, 1.165) is 0 Å². The molecule has 0 unspecified atom stereocenters. The first-order valence-electron chi connectivity index (χ1n) is 9.36. The fourth-order valence-electron chi connectivity index (χ4n) is 3.30. The molecule has 7 nitrogen and oxygen atoms in total. The van der Waals surface area contributed by atoms with Gasteiger partial charge in [-0.05, 0) is 0 Å². The molecular formula is C20H24NO6Si-. The number of benzene rings is 2. The van der Waals surface area contributed by atoms with Crippen LogP contribution >= 0.6 is 0 Å². The summed E-state index contributed by atoms with van der Waals surface area (Å²) in [5, 5.41) is 2.75. The first-order valence-corrected chi connectivity index (χ1v) is 11.7. The zero-order chi connectivity index (χ0) is 19.9. The molecule has 0 saturated carbocycles. The summed E-state index contributed by atoms with van der Waals surface area (Å²) in [4.78, 5) is 11.9. The molecule has 8 heteroatoms. The van der Waals surface area contributed by atoms with Gasteiger partial charge in [0.05, 0.1) is 0 Å². The molecule has 4 rings (SSSR count). The van der Waals surface area contributed by atoms with Crippen molar-refractivity contribution in [2.75, 3.05) is 6.54 Å². The third-order valence-electron chi connectivity index (χ3n) is 4.36. The van der Waals surface area contributed by atoms with E-state index in [1.807, 2.05) is 69.3 Å². The third-order valence-corrected chi connectivity index (χ3v) is 7.98. The molecule has 2 aliphatic rings. The maximum atomic E-state index is 11.9. The Kier molecular flexibility index (Phi) is 4.18. The van der Waals surface area contributed by atoms with Crippen molar-refractivity contribution in [1.29, 1.82) is 0 Å². The summed E-state index contributed by atoms with van der Waals surface area (Å²) in [5.74, 6) is 2.40. The van der Waals surface area contributed by atoms with E-state index in [9.17, 15) is 4.79 Å². The van der Waals surface area contributed by atoms with Crippen molar-refractivity contribution in [2.45, 2.75) is 38.8 Å². The summed E-state index contributed by atoms with van der Waals surface area (Å²) in [5.41, 5.74) is -0.543. The molecule has 0 radical (unpaired) electrons. The zero-order valence-electron chi connectivity index (χ0n) is 16.2. The summed E-state index contributed by atoms with van der Waals surface area (Å²) < 4.78 is 30.3. The fraction of sp³-hybridized carbons (Fsp3) is 0.350. The second-order valence-electron chi connectivity index (χ2n) is 7.91. The van der Waals surface area contributed by atoms with Crippen molar-refractivity contribution in [3.05, 3.63) is 48.5 Å². The van der Waals surface area contributed by atoms with Gasteiger partial charge in [-0.1, -0.05) is 0 Å². The van der Waals surface area contributed by atoms with Crippen molar-refractivity contribution in [3.63, 3.8) is 0 Å². The Hall–Kier alpha value is -2.87. The van der Waals surface area contributed by atoms with Crippen LogP contribution in [0.4, 0.5) is 4.79 Å².